The molecule has 1 aliphatic carbocycles. The second-order valence-corrected chi connectivity index (χ2v) is 13.6. The molecule has 142 valence electrons. The Morgan fingerprint density at radius 2 is 2.00 bits per heavy atom. The van der Waals surface area contributed by atoms with Crippen LogP contribution < -0.4 is 4.74 Å². The highest BCUT2D eigenvalue weighted by Crippen LogP contribution is 2.37. The van der Waals surface area contributed by atoms with Gasteiger partial charge in [0, 0.05) is 29.6 Å². The van der Waals surface area contributed by atoms with E-state index in [1.54, 1.807) is 12.3 Å². The Kier molecular flexibility index (Phi) is 5.47. The topological polar surface area (TPSA) is 49.2 Å². The summed E-state index contributed by atoms with van der Waals surface area (Å²) in [4.78, 5) is 4.20. The molecule has 2 heterocycles. The number of hydrogen-bond donors (Lipinski definition) is 0. The number of rotatable bonds is 7. The number of pyridine rings is 1. The Balaban J connectivity index is 1.67. The smallest absolute Gasteiger partial charge is 0.192 e. The summed E-state index contributed by atoms with van der Waals surface area (Å²) in [5, 5.41) is 5.13. The molecule has 2 aromatic heterocycles. The van der Waals surface area contributed by atoms with Crippen molar-refractivity contribution in [3.05, 3.63) is 29.8 Å². The molecule has 0 radical (unpaired) electrons. The highest BCUT2D eigenvalue weighted by molar-refractivity contribution is 6.74. The van der Waals surface area contributed by atoms with Gasteiger partial charge in [-0.3, -0.25) is 4.68 Å². The third kappa shape index (κ3) is 4.67. The van der Waals surface area contributed by atoms with E-state index in [9.17, 15) is 0 Å². The van der Waals surface area contributed by atoms with E-state index in [-0.39, 0.29) is 5.04 Å². The maximum absolute atomic E-state index is 6.24. The first-order valence-electron chi connectivity index (χ1n) is 9.15. The van der Waals surface area contributed by atoms with Gasteiger partial charge in [0.2, 0.25) is 0 Å². The summed E-state index contributed by atoms with van der Waals surface area (Å²) in [5.41, 5.74) is 1.91. The molecule has 0 aliphatic heterocycles. The lowest BCUT2D eigenvalue weighted by atomic mass is 10.1. The fourth-order valence-electron chi connectivity index (χ4n) is 2.33. The Bertz CT molecular complexity index is 766. The molecular weight excluding hydrogens is 366 g/mol. The maximum atomic E-state index is 6.24. The van der Waals surface area contributed by atoms with Gasteiger partial charge < -0.3 is 9.16 Å². The van der Waals surface area contributed by atoms with Gasteiger partial charge in [-0.2, -0.15) is 5.10 Å². The Labute approximate surface area is 161 Å². The van der Waals surface area contributed by atoms with E-state index in [4.69, 9.17) is 20.8 Å². The molecule has 2 aromatic rings. The van der Waals surface area contributed by atoms with Crippen molar-refractivity contribution in [2.45, 2.75) is 64.4 Å². The quantitative estimate of drug-likeness (QED) is 0.481. The van der Waals surface area contributed by atoms with Crippen LogP contribution in [-0.2, 0) is 11.0 Å². The van der Waals surface area contributed by atoms with Crippen LogP contribution in [0, 0.1) is 0 Å². The molecule has 0 unspecified atom stereocenters. The van der Waals surface area contributed by atoms with Crippen LogP contribution in [0.15, 0.2) is 24.7 Å². The first-order valence-corrected chi connectivity index (χ1v) is 12.4. The van der Waals surface area contributed by atoms with Crippen molar-refractivity contribution in [2.24, 2.45) is 0 Å². The zero-order chi connectivity index (χ0) is 18.9. The van der Waals surface area contributed by atoms with Gasteiger partial charge in [-0.25, -0.2) is 4.98 Å². The number of hydrogen-bond acceptors (Lipinski definition) is 4. The minimum atomic E-state index is -1.73. The highest BCUT2D eigenvalue weighted by Gasteiger charge is 2.36. The van der Waals surface area contributed by atoms with Crippen LogP contribution in [-0.4, -0.2) is 35.8 Å². The molecule has 0 saturated heterocycles. The van der Waals surface area contributed by atoms with Gasteiger partial charge in [0.15, 0.2) is 8.32 Å². The number of halogens is 1. The summed E-state index contributed by atoms with van der Waals surface area (Å²) in [6.07, 6.45) is 8.12. The molecule has 1 aliphatic rings. The Morgan fingerprint density at radius 3 is 2.65 bits per heavy atom. The molecule has 0 spiro atoms. The number of ether oxygens (including phenoxy) is 1. The van der Waals surface area contributed by atoms with E-state index >= 15 is 0 Å². The monoisotopic (exact) mass is 393 g/mol. The lowest BCUT2D eigenvalue weighted by molar-refractivity contribution is 0.266. The van der Waals surface area contributed by atoms with E-state index in [2.05, 4.69) is 43.9 Å². The number of nitrogens with zero attached hydrogens (tertiary/aromatic N) is 3. The molecule has 0 atom stereocenters. The molecule has 3 rings (SSSR count). The molecule has 0 bridgehead atoms. The Morgan fingerprint density at radius 1 is 1.27 bits per heavy atom. The van der Waals surface area contributed by atoms with E-state index in [0.717, 1.165) is 36.3 Å². The summed E-state index contributed by atoms with van der Waals surface area (Å²) < 4.78 is 14.1. The molecule has 0 N–H and O–H groups in total. The van der Waals surface area contributed by atoms with E-state index in [1.165, 1.54) is 0 Å². The first kappa shape index (κ1) is 19.4. The fourth-order valence-corrected chi connectivity index (χ4v) is 3.51. The molecule has 1 saturated carbocycles. The fraction of sp³-hybridized carbons (Fsp3) is 0.579. The minimum absolute atomic E-state index is 0.215. The van der Waals surface area contributed by atoms with Crippen LogP contribution in [0.2, 0.25) is 23.3 Å². The molecule has 1 fully saturated rings. The summed E-state index contributed by atoms with van der Waals surface area (Å²) >= 11 is 6.04. The molecule has 26 heavy (non-hydrogen) atoms. The van der Waals surface area contributed by atoms with Crippen molar-refractivity contribution < 1.29 is 9.16 Å². The van der Waals surface area contributed by atoms with Crippen molar-refractivity contribution in [1.82, 2.24) is 14.8 Å². The Hall–Kier alpha value is -1.37. The zero-order valence-corrected chi connectivity index (χ0v) is 18.0. The van der Waals surface area contributed by atoms with Crippen molar-refractivity contribution in [2.75, 3.05) is 6.61 Å². The van der Waals surface area contributed by atoms with Gasteiger partial charge in [0.05, 0.1) is 25.5 Å². The lowest BCUT2D eigenvalue weighted by Crippen LogP contribution is -2.41. The van der Waals surface area contributed by atoms with Crippen molar-refractivity contribution >= 4 is 19.9 Å². The van der Waals surface area contributed by atoms with Gasteiger partial charge in [0.25, 0.3) is 0 Å². The molecule has 5 nitrogen and oxygen atoms in total. The second-order valence-electron chi connectivity index (χ2n) is 8.42. The minimum Gasteiger partial charge on any atom is -0.490 e. The second kappa shape index (κ2) is 7.33. The predicted molar refractivity (Wildman–Crippen MR) is 107 cm³/mol. The van der Waals surface area contributed by atoms with Gasteiger partial charge >= 0.3 is 0 Å². The van der Waals surface area contributed by atoms with Crippen LogP contribution in [0.1, 0.15) is 33.6 Å². The van der Waals surface area contributed by atoms with Gasteiger partial charge in [-0.15, -0.1) is 0 Å². The third-order valence-electron chi connectivity index (χ3n) is 5.18. The van der Waals surface area contributed by atoms with Gasteiger partial charge in [-0.1, -0.05) is 32.4 Å². The third-order valence-corrected chi connectivity index (χ3v) is 9.93. The molecular formula is C19H28ClN3O2Si. The average molecular weight is 394 g/mol. The predicted octanol–water partition coefficient (Wildman–Crippen LogP) is 5.16. The standard InChI is InChI=1S/C19H28ClN3O2Si/c1-19(2,3)26(4,5)24-9-8-23-13-14(11-22-23)16-12-21-18(20)10-17(16)25-15-6-7-15/h10-13,15H,6-9H2,1-5H3. The molecule has 7 heteroatoms. The zero-order valence-electron chi connectivity index (χ0n) is 16.3. The van der Waals surface area contributed by atoms with Crippen LogP contribution in [0.25, 0.3) is 11.1 Å². The van der Waals surface area contributed by atoms with Crippen LogP contribution in [0.3, 0.4) is 0 Å². The van der Waals surface area contributed by atoms with Crippen molar-refractivity contribution in [1.29, 1.82) is 0 Å². The SMILES string of the molecule is CC(C)(C)[Si](C)(C)OCCn1cc(-c2cnc(Cl)cc2OC2CC2)cn1. The van der Waals surface area contributed by atoms with E-state index < -0.39 is 8.32 Å². The lowest BCUT2D eigenvalue weighted by Gasteiger charge is -2.36. The van der Waals surface area contributed by atoms with Crippen LogP contribution in [0.5, 0.6) is 5.75 Å². The molecule has 0 amide bonds. The normalized spacial score (nSPS) is 15.3. The van der Waals surface area contributed by atoms with Gasteiger partial charge in [-0.05, 0) is 31.0 Å². The molecule has 0 aromatic carbocycles. The number of aromatic nitrogens is 3. The van der Waals surface area contributed by atoms with E-state index in [1.807, 2.05) is 17.1 Å². The summed E-state index contributed by atoms with van der Waals surface area (Å²) in [7, 11) is -1.73. The van der Waals surface area contributed by atoms with Crippen molar-refractivity contribution in [3.63, 3.8) is 0 Å². The van der Waals surface area contributed by atoms with Gasteiger partial charge in [0.1, 0.15) is 10.9 Å². The first-order chi connectivity index (χ1) is 12.2. The van der Waals surface area contributed by atoms with Crippen LogP contribution >= 0.6 is 11.6 Å². The summed E-state index contributed by atoms with van der Waals surface area (Å²) in [5.74, 6) is 0.782. The summed E-state index contributed by atoms with van der Waals surface area (Å²) in [6, 6.07) is 1.78. The summed E-state index contributed by atoms with van der Waals surface area (Å²) in [6.45, 7) is 12.7. The maximum Gasteiger partial charge on any atom is 0.192 e. The van der Waals surface area contributed by atoms with Crippen LogP contribution in [0.4, 0.5) is 0 Å². The van der Waals surface area contributed by atoms with E-state index in [0.29, 0.717) is 17.9 Å². The highest BCUT2D eigenvalue weighted by atomic mass is 35.5. The largest absolute Gasteiger partial charge is 0.490 e. The average Bonchev–Trinajstić information content (AvgIpc) is 3.22. The van der Waals surface area contributed by atoms with Crippen molar-refractivity contribution in [3.8, 4) is 16.9 Å².